The summed E-state index contributed by atoms with van der Waals surface area (Å²) in [6, 6.07) is 13.8. The number of hydrogen-bond acceptors (Lipinski definition) is 6. The van der Waals surface area contributed by atoms with Crippen molar-refractivity contribution in [1.82, 2.24) is 24.8 Å². The van der Waals surface area contributed by atoms with Crippen LogP contribution < -0.4 is 4.74 Å². The molecule has 162 valence electrons. The number of thioether (sulfide) groups is 1. The van der Waals surface area contributed by atoms with Gasteiger partial charge in [-0.25, -0.2) is 9.78 Å². The Bertz CT molecular complexity index is 985. The highest BCUT2D eigenvalue weighted by Crippen LogP contribution is 2.33. The van der Waals surface area contributed by atoms with E-state index in [0.717, 1.165) is 41.7 Å². The van der Waals surface area contributed by atoms with Crippen molar-refractivity contribution in [1.29, 1.82) is 0 Å². The Hall–Kier alpha value is -2.84. The number of piperazine rings is 1. The molecule has 1 N–H and O–H groups in total. The van der Waals surface area contributed by atoms with Crippen LogP contribution in [0.25, 0.3) is 0 Å². The summed E-state index contributed by atoms with van der Waals surface area (Å²) in [6.07, 6.45) is 3.27. The number of aromatic nitrogens is 3. The fourth-order valence-corrected chi connectivity index (χ4v) is 4.41. The zero-order valence-electron chi connectivity index (χ0n) is 17.8. The summed E-state index contributed by atoms with van der Waals surface area (Å²) in [4.78, 5) is 28.6. The van der Waals surface area contributed by atoms with E-state index >= 15 is 0 Å². The van der Waals surface area contributed by atoms with E-state index in [1.54, 1.807) is 22.9 Å². The molecule has 0 radical (unpaired) electrons. The highest BCUT2D eigenvalue weighted by Gasteiger charge is 2.23. The summed E-state index contributed by atoms with van der Waals surface area (Å²) in [5.41, 5.74) is 3.25. The molecule has 0 bridgehead atoms. The lowest BCUT2D eigenvalue weighted by atomic mass is 10.1. The Balaban J connectivity index is 1.25. The van der Waals surface area contributed by atoms with Crippen LogP contribution in [0.15, 0.2) is 60.0 Å². The molecule has 7 nitrogen and oxygen atoms in total. The molecule has 31 heavy (non-hydrogen) atoms. The molecule has 0 spiro atoms. The van der Waals surface area contributed by atoms with E-state index < -0.39 is 0 Å². The number of carbonyl (C=O) groups excluding carboxylic acids is 1. The molecular formula is C23H27N5O2S. The lowest BCUT2D eigenvalue weighted by molar-refractivity contribution is 0.107. The zero-order chi connectivity index (χ0) is 21.6. The molecule has 1 aliphatic rings. The molecule has 1 amide bonds. The van der Waals surface area contributed by atoms with Gasteiger partial charge in [-0.1, -0.05) is 30.0 Å². The summed E-state index contributed by atoms with van der Waals surface area (Å²) < 4.78 is 5.59. The van der Waals surface area contributed by atoms with Crippen molar-refractivity contribution in [3.63, 3.8) is 0 Å². The van der Waals surface area contributed by atoms with Crippen LogP contribution in [-0.4, -0.2) is 57.0 Å². The number of H-pyrrole nitrogens is 1. The minimum absolute atomic E-state index is 0.242. The van der Waals surface area contributed by atoms with Gasteiger partial charge in [0.1, 0.15) is 5.75 Å². The largest absolute Gasteiger partial charge is 0.415 e. The second kappa shape index (κ2) is 9.98. The third-order valence-electron chi connectivity index (χ3n) is 5.28. The van der Waals surface area contributed by atoms with Crippen LogP contribution in [0.2, 0.25) is 0 Å². The minimum atomic E-state index is -0.293. The molecule has 1 atom stereocenters. The molecular weight excluding hydrogens is 410 g/mol. The van der Waals surface area contributed by atoms with Gasteiger partial charge in [-0.05, 0) is 43.7 Å². The van der Waals surface area contributed by atoms with Crippen LogP contribution in [-0.2, 0) is 6.54 Å². The topological polar surface area (TPSA) is 74.3 Å². The summed E-state index contributed by atoms with van der Waals surface area (Å²) in [7, 11) is 0. The van der Waals surface area contributed by atoms with Crippen LogP contribution in [0.3, 0.4) is 0 Å². The second-order valence-corrected chi connectivity index (χ2v) is 8.95. The van der Waals surface area contributed by atoms with Crippen molar-refractivity contribution >= 4 is 17.9 Å². The maximum Gasteiger partial charge on any atom is 0.415 e. The third kappa shape index (κ3) is 5.86. The first-order valence-electron chi connectivity index (χ1n) is 10.4. The molecule has 1 fully saturated rings. The number of amides is 1. The van der Waals surface area contributed by atoms with Crippen molar-refractivity contribution in [3.8, 4) is 5.75 Å². The van der Waals surface area contributed by atoms with Gasteiger partial charge in [0.15, 0.2) is 5.16 Å². The van der Waals surface area contributed by atoms with E-state index in [0.29, 0.717) is 18.8 Å². The van der Waals surface area contributed by atoms with Crippen molar-refractivity contribution in [2.45, 2.75) is 30.8 Å². The first-order valence-corrected chi connectivity index (χ1v) is 11.3. The van der Waals surface area contributed by atoms with Crippen LogP contribution in [0.1, 0.15) is 29.1 Å². The van der Waals surface area contributed by atoms with Gasteiger partial charge in [0.05, 0.1) is 5.69 Å². The van der Waals surface area contributed by atoms with Gasteiger partial charge in [0.2, 0.25) is 0 Å². The monoisotopic (exact) mass is 437 g/mol. The molecule has 1 aliphatic heterocycles. The number of nitrogens with one attached hydrogen (secondary N) is 1. The van der Waals surface area contributed by atoms with Gasteiger partial charge in [-0.2, -0.15) is 0 Å². The van der Waals surface area contributed by atoms with Gasteiger partial charge >= 0.3 is 6.09 Å². The lowest BCUT2D eigenvalue weighted by Gasteiger charge is -2.33. The molecule has 1 aromatic carbocycles. The summed E-state index contributed by atoms with van der Waals surface area (Å²) in [6.45, 7) is 7.86. The average Bonchev–Trinajstić information content (AvgIpc) is 3.28. The maximum absolute atomic E-state index is 12.6. The number of hydrogen-bond donors (Lipinski definition) is 1. The van der Waals surface area contributed by atoms with Crippen LogP contribution >= 0.6 is 11.8 Å². The van der Waals surface area contributed by atoms with E-state index in [1.165, 1.54) is 0 Å². The van der Waals surface area contributed by atoms with Gasteiger partial charge in [0.25, 0.3) is 0 Å². The number of pyridine rings is 1. The molecule has 3 aromatic rings. The van der Waals surface area contributed by atoms with E-state index in [-0.39, 0.29) is 11.3 Å². The molecule has 0 saturated carbocycles. The van der Waals surface area contributed by atoms with Crippen LogP contribution in [0.5, 0.6) is 5.75 Å². The number of nitrogens with zero attached hydrogens (tertiary/aromatic N) is 4. The second-order valence-electron chi connectivity index (χ2n) is 7.62. The summed E-state index contributed by atoms with van der Waals surface area (Å²) >= 11 is 1.66. The highest BCUT2D eigenvalue weighted by molar-refractivity contribution is 7.99. The normalized spacial score (nSPS) is 15.6. The Labute approximate surface area is 186 Å². The number of benzene rings is 1. The quantitative estimate of drug-likeness (QED) is 0.580. The molecule has 0 aliphatic carbocycles. The molecule has 4 rings (SSSR count). The van der Waals surface area contributed by atoms with Crippen molar-refractivity contribution < 1.29 is 9.53 Å². The van der Waals surface area contributed by atoms with Gasteiger partial charge in [0, 0.05) is 56.1 Å². The van der Waals surface area contributed by atoms with Gasteiger partial charge in [-0.3, -0.25) is 9.88 Å². The maximum atomic E-state index is 12.6. The first-order chi connectivity index (χ1) is 15.1. The smallest absolute Gasteiger partial charge is 0.410 e. The minimum Gasteiger partial charge on any atom is -0.410 e. The van der Waals surface area contributed by atoms with Crippen molar-refractivity contribution in [2.24, 2.45) is 0 Å². The number of aryl methyl sites for hydroxylation is 1. The molecule has 1 unspecified atom stereocenters. The molecule has 1 saturated heterocycles. The van der Waals surface area contributed by atoms with E-state index in [9.17, 15) is 4.79 Å². The number of ether oxygens (including phenoxy) is 1. The molecule has 2 aromatic heterocycles. The Morgan fingerprint density at radius 2 is 1.94 bits per heavy atom. The fourth-order valence-electron chi connectivity index (χ4n) is 3.53. The SMILES string of the molecule is Cc1cccc(CN2CCN(C(=O)Oc3ccc(C(C)Sc4ncc[nH]4)cc3)CC2)n1. The number of aromatic amines is 1. The molecule has 8 heteroatoms. The predicted molar refractivity (Wildman–Crippen MR) is 121 cm³/mol. The Morgan fingerprint density at radius 1 is 1.16 bits per heavy atom. The molecule has 3 heterocycles. The zero-order valence-corrected chi connectivity index (χ0v) is 18.6. The Morgan fingerprint density at radius 3 is 2.61 bits per heavy atom. The lowest BCUT2D eigenvalue weighted by Crippen LogP contribution is -2.49. The highest BCUT2D eigenvalue weighted by atomic mass is 32.2. The van der Waals surface area contributed by atoms with E-state index in [4.69, 9.17) is 4.74 Å². The van der Waals surface area contributed by atoms with E-state index in [1.807, 2.05) is 55.6 Å². The van der Waals surface area contributed by atoms with Gasteiger partial charge in [-0.15, -0.1) is 0 Å². The van der Waals surface area contributed by atoms with Crippen molar-refractivity contribution in [3.05, 3.63) is 71.8 Å². The number of imidazole rings is 1. The van der Waals surface area contributed by atoms with Crippen LogP contribution in [0, 0.1) is 6.92 Å². The Kier molecular flexibility index (Phi) is 6.89. The third-order valence-corrected chi connectivity index (χ3v) is 6.35. The van der Waals surface area contributed by atoms with Crippen LogP contribution in [0.4, 0.5) is 4.79 Å². The van der Waals surface area contributed by atoms with Gasteiger partial charge < -0.3 is 14.6 Å². The number of carbonyl (C=O) groups is 1. The van der Waals surface area contributed by atoms with E-state index in [2.05, 4.69) is 26.8 Å². The average molecular weight is 438 g/mol. The fraction of sp³-hybridized carbons (Fsp3) is 0.348. The summed E-state index contributed by atoms with van der Waals surface area (Å²) in [5.74, 6) is 0.565. The predicted octanol–water partition coefficient (Wildman–Crippen LogP) is 4.28. The standard InChI is InChI=1S/C23H27N5O2S/c1-17-4-3-5-20(26-17)16-27-12-14-28(15-13-27)23(29)30-21-8-6-19(7-9-21)18(2)31-22-24-10-11-25-22/h3-11,18H,12-16H2,1-2H3,(H,24,25). The van der Waals surface area contributed by atoms with Crippen molar-refractivity contribution in [2.75, 3.05) is 26.2 Å². The first kappa shape index (κ1) is 21.4. The summed E-state index contributed by atoms with van der Waals surface area (Å²) in [5, 5.41) is 1.13. The number of rotatable bonds is 6.